The molecule has 1 saturated carbocycles. The summed E-state index contributed by atoms with van der Waals surface area (Å²) in [5, 5.41) is 4.75. The molecule has 0 unspecified atom stereocenters. The molecule has 1 saturated heterocycles. The summed E-state index contributed by atoms with van der Waals surface area (Å²) in [6.45, 7) is 9.94. The Hall–Kier alpha value is -2.36. The highest BCUT2D eigenvalue weighted by Crippen LogP contribution is 2.42. The van der Waals surface area contributed by atoms with E-state index in [1.54, 1.807) is 9.42 Å². The van der Waals surface area contributed by atoms with Gasteiger partial charge in [0.15, 0.2) is 5.65 Å². The molecule has 1 aliphatic carbocycles. The number of carbonyl (C=O) groups is 1. The van der Waals surface area contributed by atoms with Crippen molar-refractivity contribution in [2.45, 2.75) is 90.1 Å². The van der Waals surface area contributed by atoms with E-state index in [1.165, 1.54) is 0 Å². The molecule has 10 heteroatoms. The molecule has 2 aromatic rings. The lowest BCUT2D eigenvalue weighted by Gasteiger charge is -2.38. The molecular weight excluding hydrogens is 449 g/mol. The molecule has 4 rings (SSSR count). The van der Waals surface area contributed by atoms with Crippen LogP contribution in [0.15, 0.2) is 12.1 Å². The highest BCUT2D eigenvalue weighted by Gasteiger charge is 2.42. The summed E-state index contributed by atoms with van der Waals surface area (Å²) in [6, 6.07) is 3.62. The lowest BCUT2D eigenvalue weighted by Crippen LogP contribution is -2.50. The zero-order chi connectivity index (χ0) is 24.8. The predicted molar refractivity (Wildman–Crippen MR) is 120 cm³/mol. The second kappa shape index (κ2) is 9.02. The lowest BCUT2D eigenvalue weighted by molar-refractivity contribution is -0.182. The second-order valence-corrected chi connectivity index (χ2v) is 10.6. The first-order valence-electron chi connectivity index (χ1n) is 11.9. The molecule has 0 bridgehead atoms. The SMILES string of the molecule is Cc1cc([C@@H]2CN(C(=O)OC(C)(C)C)[C@H](C)CO2)n2nc(C3CCC(C(F)(F)F)CC3)cc2n1. The Morgan fingerprint density at radius 2 is 1.82 bits per heavy atom. The lowest BCUT2D eigenvalue weighted by atomic mass is 9.80. The predicted octanol–water partition coefficient (Wildman–Crippen LogP) is 5.57. The molecule has 7 nitrogen and oxygen atoms in total. The molecule has 1 amide bonds. The number of rotatable bonds is 2. The van der Waals surface area contributed by atoms with Crippen LogP contribution in [-0.2, 0) is 9.47 Å². The number of fused-ring (bicyclic) bond motifs is 1. The molecule has 3 heterocycles. The van der Waals surface area contributed by atoms with Gasteiger partial charge in [0.2, 0.25) is 0 Å². The minimum absolute atomic E-state index is 0.0287. The van der Waals surface area contributed by atoms with Gasteiger partial charge in [-0.3, -0.25) is 0 Å². The number of nitrogens with zero attached hydrogens (tertiary/aromatic N) is 4. The smallest absolute Gasteiger partial charge is 0.410 e. The number of hydrogen-bond donors (Lipinski definition) is 0. The van der Waals surface area contributed by atoms with Crippen LogP contribution in [0.3, 0.4) is 0 Å². The molecule has 0 aromatic carbocycles. The first-order chi connectivity index (χ1) is 15.8. The Balaban J connectivity index is 1.57. The molecule has 0 spiro atoms. The minimum atomic E-state index is -4.13. The number of amides is 1. The topological polar surface area (TPSA) is 69.0 Å². The van der Waals surface area contributed by atoms with Crippen molar-refractivity contribution < 1.29 is 27.4 Å². The summed E-state index contributed by atoms with van der Waals surface area (Å²) in [5.74, 6) is -1.26. The van der Waals surface area contributed by atoms with Crippen LogP contribution in [0.1, 0.15) is 82.5 Å². The fourth-order valence-electron chi connectivity index (χ4n) is 4.80. The van der Waals surface area contributed by atoms with Crippen LogP contribution in [0, 0.1) is 12.8 Å². The van der Waals surface area contributed by atoms with E-state index in [0.717, 1.165) is 17.1 Å². The van der Waals surface area contributed by atoms with Gasteiger partial charge in [-0.05, 0) is 66.4 Å². The van der Waals surface area contributed by atoms with Crippen molar-refractivity contribution in [2.24, 2.45) is 5.92 Å². The van der Waals surface area contributed by atoms with E-state index >= 15 is 0 Å². The number of morpholine rings is 1. The van der Waals surface area contributed by atoms with Crippen LogP contribution in [0.4, 0.5) is 18.0 Å². The van der Waals surface area contributed by atoms with Gasteiger partial charge in [0.25, 0.3) is 0 Å². The van der Waals surface area contributed by atoms with E-state index in [4.69, 9.17) is 14.6 Å². The van der Waals surface area contributed by atoms with Gasteiger partial charge in [0, 0.05) is 17.7 Å². The summed E-state index contributed by atoms with van der Waals surface area (Å²) in [5.41, 5.74) is 2.33. The quantitative estimate of drug-likeness (QED) is 0.560. The largest absolute Gasteiger partial charge is 0.444 e. The van der Waals surface area contributed by atoms with Crippen LogP contribution in [-0.4, -0.2) is 56.6 Å². The van der Waals surface area contributed by atoms with Crippen molar-refractivity contribution >= 4 is 11.7 Å². The van der Waals surface area contributed by atoms with Crippen molar-refractivity contribution in [1.82, 2.24) is 19.5 Å². The number of hydrogen-bond acceptors (Lipinski definition) is 5. The highest BCUT2D eigenvalue weighted by atomic mass is 19.4. The fraction of sp³-hybridized carbons (Fsp3) is 0.708. The molecule has 2 atom stereocenters. The Labute approximate surface area is 197 Å². The number of aryl methyl sites for hydroxylation is 1. The summed E-state index contributed by atoms with van der Waals surface area (Å²) >= 11 is 0. The van der Waals surface area contributed by atoms with Crippen molar-refractivity contribution in [2.75, 3.05) is 13.2 Å². The molecule has 2 aromatic heterocycles. The Bertz CT molecular complexity index is 1040. The van der Waals surface area contributed by atoms with Crippen LogP contribution in [0.5, 0.6) is 0 Å². The molecule has 0 radical (unpaired) electrons. The maximum absolute atomic E-state index is 13.1. The van der Waals surface area contributed by atoms with E-state index in [0.29, 0.717) is 31.6 Å². The Morgan fingerprint density at radius 1 is 1.15 bits per heavy atom. The highest BCUT2D eigenvalue weighted by molar-refractivity contribution is 5.68. The van der Waals surface area contributed by atoms with Crippen molar-refractivity contribution in [3.63, 3.8) is 0 Å². The van der Waals surface area contributed by atoms with E-state index in [9.17, 15) is 18.0 Å². The van der Waals surface area contributed by atoms with Crippen LogP contribution in [0.2, 0.25) is 0 Å². The molecule has 2 aliphatic rings. The number of ether oxygens (including phenoxy) is 2. The zero-order valence-electron chi connectivity index (χ0n) is 20.4. The van der Waals surface area contributed by atoms with Gasteiger partial charge in [-0.1, -0.05) is 0 Å². The first kappa shape index (κ1) is 24.8. The van der Waals surface area contributed by atoms with Gasteiger partial charge < -0.3 is 14.4 Å². The number of halogens is 3. The average Bonchev–Trinajstić information content (AvgIpc) is 3.15. The maximum Gasteiger partial charge on any atom is 0.410 e. The third-order valence-corrected chi connectivity index (χ3v) is 6.60. The first-order valence-corrected chi connectivity index (χ1v) is 11.9. The third kappa shape index (κ3) is 5.31. The van der Waals surface area contributed by atoms with Crippen LogP contribution < -0.4 is 0 Å². The van der Waals surface area contributed by atoms with Gasteiger partial charge in [-0.15, -0.1) is 0 Å². The van der Waals surface area contributed by atoms with Gasteiger partial charge >= 0.3 is 12.3 Å². The van der Waals surface area contributed by atoms with Crippen LogP contribution in [0.25, 0.3) is 5.65 Å². The fourth-order valence-corrected chi connectivity index (χ4v) is 4.80. The summed E-state index contributed by atoms with van der Waals surface area (Å²) in [6.07, 6.45) is -3.81. The normalized spacial score (nSPS) is 26.6. The molecule has 0 N–H and O–H groups in total. The Kier molecular flexibility index (Phi) is 6.56. The van der Waals surface area contributed by atoms with Crippen molar-refractivity contribution in [3.8, 4) is 0 Å². The second-order valence-electron chi connectivity index (χ2n) is 10.6. The summed E-state index contributed by atoms with van der Waals surface area (Å²) in [7, 11) is 0. The standard InChI is InChI=1S/C24H33F3N4O3/c1-14-10-19(20-12-30(15(2)13-33-20)22(32)34-23(3,4)5)31-21(28-14)11-18(29-31)16-6-8-17(9-7-16)24(25,26)27/h10-11,15-17,20H,6-9,12-13H2,1-5H3/t15-,16?,17?,20+/m1/s1. The number of alkyl halides is 3. The van der Waals surface area contributed by atoms with Crippen LogP contribution >= 0.6 is 0 Å². The molecule has 2 fully saturated rings. The number of carbonyl (C=O) groups excluding carboxylic acids is 1. The van der Waals surface area contributed by atoms with E-state index in [-0.39, 0.29) is 24.8 Å². The summed E-state index contributed by atoms with van der Waals surface area (Å²) in [4.78, 5) is 19.0. The van der Waals surface area contributed by atoms with Gasteiger partial charge in [-0.2, -0.15) is 18.3 Å². The zero-order valence-corrected chi connectivity index (χ0v) is 20.4. The molecule has 188 valence electrons. The molecular formula is C24H33F3N4O3. The van der Waals surface area contributed by atoms with Crippen molar-refractivity contribution in [3.05, 3.63) is 29.2 Å². The van der Waals surface area contributed by atoms with E-state index < -0.39 is 29.9 Å². The monoisotopic (exact) mass is 482 g/mol. The van der Waals surface area contributed by atoms with Gasteiger partial charge in [-0.25, -0.2) is 14.3 Å². The minimum Gasteiger partial charge on any atom is -0.444 e. The third-order valence-electron chi connectivity index (χ3n) is 6.60. The molecule has 34 heavy (non-hydrogen) atoms. The van der Waals surface area contributed by atoms with E-state index in [2.05, 4.69) is 4.98 Å². The Morgan fingerprint density at radius 3 is 2.44 bits per heavy atom. The molecule has 1 aliphatic heterocycles. The maximum atomic E-state index is 13.1. The average molecular weight is 483 g/mol. The van der Waals surface area contributed by atoms with Crippen molar-refractivity contribution in [1.29, 1.82) is 0 Å². The van der Waals surface area contributed by atoms with E-state index in [1.807, 2.05) is 46.8 Å². The van der Waals surface area contributed by atoms with Gasteiger partial charge in [0.05, 0.1) is 36.5 Å². The van der Waals surface area contributed by atoms with Gasteiger partial charge in [0.1, 0.15) is 11.7 Å². The number of aromatic nitrogens is 3. The summed E-state index contributed by atoms with van der Waals surface area (Å²) < 4.78 is 52.6.